The van der Waals surface area contributed by atoms with E-state index in [0.717, 1.165) is 31.6 Å². The predicted molar refractivity (Wildman–Crippen MR) is 80.8 cm³/mol. The Kier molecular flexibility index (Phi) is 4.39. The number of nitrogens with one attached hydrogen (secondary N) is 2. The number of piperazine rings is 1. The van der Waals surface area contributed by atoms with Gasteiger partial charge in [-0.15, -0.1) is 0 Å². The quantitative estimate of drug-likeness (QED) is 0.890. The maximum atomic E-state index is 13.0. The maximum Gasteiger partial charge on any atom is 0.239 e. The Hall–Kier alpha value is -1.62. The van der Waals surface area contributed by atoms with Crippen LogP contribution in [0.25, 0.3) is 0 Å². The first-order chi connectivity index (χ1) is 10.2. The topological polar surface area (TPSA) is 44.4 Å². The molecule has 1 aliphatic heterocycles. The summed E-state index contributed by atoms with van der Waals surface area (Å²) in [6, 6.07) is 6.62. The van der Waals surface area contributed by atoms with Crippen LogP contribution >= 0.6 is 0 Å². The number of amides is 1. The molecule has 1 aliphatic carbocycles. The molecule has 2 aliphatic rings. The Morgan fingerprint density at radius 3 is 2.67 bits per heavy atom. The molecule has 1 heterocycles. The summed E-state index contributed by atoms with van der Waals surface area (Å²) in [6.45, 7) is 2.23. The van der Waals surface area contributed by atoms with Crippen molar-refractivity contribution in [2.75, 3.05) is 24.5 Å². The zero-order chi connectivity index (χ0) is 14.7. The average molecular weight is 291 g/mol. The molecule has 1 aromatic carbocycles. The highest BCUT2D eigenvalue weighted by atomic mass is 19.1. The van der Waals surface area contributed by atoms with E-state index in [1.54, 1.807) is 12.1 Å². The van der Waals surface area contributed by atoms with Crippen LogP contribution in [0.2, 0.25) is 0 Å². The van der Waals surface area contributed by atoms with Gasteiger partial charge in [0.1, 0.15) is 11.9 Å². The molecule has 1 aromatic rings. The largest absolute Gasteiger partial charge is 0.368 e. The molecule has 4 nitrogen and oxygen atoms in total. The van der Waals surface area contributed by atoms with Gasteiger partial charge in [-0.3, -0.25) is 4.79 Å². The van der Waals surface area contributed by atoms with Gasteiger partial charge in [-0.2, -0.15) is 0 Å². The molecule has 114 valence electrons. The van der Waals surface area contributed by atoms with Crippen molar-refractivity contribution in [2.24, 2.45) is 0 Å². The van der Waals surface area contributed by atoms with Crippen molar-refractivity contribution in [3.8, 4) is 0 Å². The van der Waals surface area contributed by atoms with Crippen molar-refractivity contribution in [1.29, 1.82) is 0 Å². The Morgan fingerprint density at radius 1 is 1.24 bits per heavy atom. The van der Waals surface area contributed by atoms with Gasteiger partial charge >= 0.3 is 0 Å². The standard InChI is InChI=1S/C16H22FN3O/c17-12-5-7-14(8-6-12)20-10-9-18-15(11-20)16(21)19-13-3-1-2-4-13/h5-8,13,15,18H,1-4,9-11H2,(H,19,21)/t15-/m0/s1. The number of carbonyl (C=O) groups excluding carboxylic acids is 1. The van der Waals surface area contributed by atoms with E-state index in [0.29, 0.717) is 12.6 Å². The fraction of sp³-hybridized carbons (Fsp3) is 0.562. The SMILES string of the molecule is O=C(NC1CCCC1)[C@@H]1CN(c2ccc(F)cc2)CCN1. The number of hydrogen-bond acceptors (Lipinski definition) is 3. The van der Waals surface area contributed by atoms with Crippen LogP contribution in [0.15, 0.2) is 24.3 Å². The lowest BCUT2D eigenvalue weighted by atomic mass is 10.1. The van der Waals surface area contributed by atoms with E-state index in [1.807, 2.05) is 0 Å². The molecular formula is C16H22FN3O. The van der Waals surface area contributed by atoms with Crippen LogP contribution in [0.4, 0.5) is 10.1 Å². The first-order valence-corrected chi connectivity index (χ1v) is 7.76. The minimum atomic E-state index is -0.232. The van der Waals surface area contributed by atoms with Gasteiger partial charge in [0, 0.05) is 31.4 Å². The number of anilines is 1. The van der Waals surface area contributed by atoms with Gasteiger partial charge in [-0.25, -0.2) is 4.39 Å². The lowest BCUT2D eigenvalue weighted by Crippen LogP contribution is -2.58. The fourth-order valence-electron chi connectivity index (χ4n) is 3.18. The molecule has 0 spiro atoms. The van der Waals surface area contributed by atoms with Crippen LogP contribution in [0.5, 0.6) is 0 Å². The third kappa shape index (κ3) is 3.53. The van der Waals surface area contributed by atoms with E-state index < -0.39 is 0 Å². The molecular weight excluding hydrogens is 269 g/mol. The lowest BCUT2D eigenvalue weighted by molar-refractivity contribution is -0.123. The molecule has 21 heavy (non-hydrogen) atoms. The molecule has 2 N–H and O–H groups in total. The normalized spacial score (nSPS) is 23.3. The Labute approximate surface area is 124 Å². The summed E-state index contributed by atoms with van der Waals surface area (Å²) in [5, 5.41) is 6.42. The molecule has 1 amide bonds. The van der Waals surface area contributed by atoms with E-state index in [-0.39, 0.29) is 17.8 Å². The van der Waals surface area contributed by atoms with Gasteiger partial charge < -0.3 is 15.5 Å². The molecule has 1 atom stereocenters. The van der Waals surface area contributed by atoms with Gasteiger partial charge in [-0.05, 0) is 37.1 Å². The third-order valence-electron chi connectivity index (χ3n) is 4.39. The monoisotopic (exact) mass is 291 g/mol. The fourth-order valence-corrected chi connectivity index (χ4v) is 3.18. The summed E-state index contributed by atoms with van der Waals surface area (Å²) in [5.41, 5.74) is 0.969. The number of benzene rings is 1. The highest BCUT2D eigenvalue weighted by molar-refractivity contribution is 5.83. The summed E-state index contributed by atoms with van der Waals surface area (Å²) in [6.07, 6.45) is 4.62. The van der Waals surface area contributed by atoms with Gasteiger partial charge in [0.15, 0.2) is 0 Å². The maximum absolute atomic E-state index is 13.0. The van der Waals surface area contributed by atoms with Crippen LogP contribution in [0, 0.1) is 5.82 Å². The van der Waals surface area contributed by atoms with E-state index in [9.17, 15) is 9.18 Å². The second kappa shape index (κ2) is 6.43. The van der Waals surface area contributed by atoms with Crippen molar-refractivity contribution in [2.45, 2.75) is 37.8 Å². The van der Waals surface area contributed by atoms with Crippen molar-refractivity contribution in [3.05, 3.63) is 30.1 Å². The second-order valence-corrected chi connectivity index (χ2v) is 5.92. The van der Waals surface area contributed by atoms with E-state index >= 15 is 0 Å². The van der Waals surface area contributed by atoms with Crippen LogP contribution < -0.4 is 15.5 Å². The summed E-state index contributed by atoms with van der Waals surface area (Å²) in [4.78, 5) is 14.5. The third-order valence-corrected chi connectivity index (χ3v) is 4.39. The summed E-state index contributed by atoms with van der Waals surface area (Å²) >= 11 is 0. The van der Waals surface area contributed by atoms with Crippen LogP contribution in [-0.2, 0) is 4.79 Å². The number of carbonyl (C=O) groups is 1. The van der Waals surface area contributed by atoms with Crippen LogP contribution in [-0.4, -0.2) is 37.6 Å². The first kappa shape index (κ1) is 14.3. The van der Waals surface area contributed by atoms with Crippen molar-refractivity contribution in [1.82, 2.24) is 10.6 Å². The Morgan fingerprint density at radius 2 is 1.95 bits per heavy atom. The van der Waals surface area contributed by atoms with Crippen LogP contribution in [0.3, 0.4) is 0 Å². The Bertz CT molecular complexity index is 485. The smallest absolute Gasteiger partial charge is 0.239 e. The van der Waals surface area contributed by atoms with Crippen molar-refractivity contribution < 1.29 is 9.18 Å². The molecule has 0 unspecified atom stereocenters. The minimum Gasteiger partial charge on any atom is -0.368 e. The number of hydrogen-bond donors (Lipinski definition) is 2. The van der Waals surface area contributed by atoms with Gasteiger partial charge in [-0.1, -0.05) is 12.8 Å². The van der Waals surface area contributed by atoms with Crippen molar-refractivity contribution >= 4 is 11.6 Å². The molecule has 0 aromatic heterocycles. The number of halogens is 1. The molecule has 0 radical (unpaired) electrons. The average Bonchev–Trinajstić information content (AvgIpc) is 3.01. The molecule has 1 saturated carbocycles. The zero-order valence-corrected chi connectivity index (χ0v) is 12.1. The minimum absolute atomic E-state index is 0.0914. The molecule has 1 saturated heterocycles. The Balaban J connectivity index is 1.59. The number of nitrogens with zero attached hydrogens (tertiary/aromatic N) is 1. The first-order valence-electron chi connectivity index (χ1n) is 7.76. The molecule has 2 fully saturated rings. The highest BCUT2D eigenvalue weighted by Gasteiger charge is 2.27. The van der Waals surface area contributed by atoms with Gasteiger partial charge in [0.2, 0.25) is 5.91 Å². The van der Waals surface area contributed by atoms with Gasteiger partial charge in [0.25, 0.3) is 0 Å². The summed E-state index contributed by atoms with van der Waals surface area (Å²) in [5.74, 6) is -0.141. The van der Waals surface area contributed by atoms with Crippen LogP contribution in [0.1, 0.15) is 25.7 Å². The second-order valence-electron chi connectivity index (χ2n) is 5.92. The molecule has 0 bridgehead atoms. The summed E-state index contributed by atoms with van der Waals surface area (Å²) in [7, 11) is 0. The lowest BCUT2D eigenvalue weighted by Gasteiger charge is -2.35. The number of rotatable bonds is 3. The van der Waals surface area contributed by atoms with Crippen molar-refractivity contribution in [3.63, 3.8) is 0 Å². The van der Waals surface area contributed by atoms with E-state index in [4.69, 9.17) is 0 Å². The van der Waals surface area contributed by atoms with E-state index in [2.05, 4.69) is 15.5 Å². The summed E-state index contributed by atoms with van der Waals surface area (Å²) < 4.78 is 13.0. The zero-order valence-electron chi connectivity index (χ0n) is 12.1. The highest BCUT2D eigenvalue weighted by Crippen LogP contribution is 2.19. The molecule has 5 heteroatoms. The van der Waals surface area contributed by atoms with Gasteiger partial charge in [0.05, 0.1) is 0 Å². The molecule has 3 rings (SSSR count). The predicted octanol–water partition coefficient (Wildman–Crippen LogP) is 1.66. The van der Waals surface area contributed by atoms with E-state index in [1.165, 1.54) is 25.0 Å².